The van der Waals surface area contributed by atoms with Crippen molar-refractivity contribution in [3.05, 3.63) is 66.0 Å². The van der Waals surface area contributed by atoms with E-state index in [0.29, 0.717) is 23.9 Å². The Morgan fingerprint density at radius 1 is 1.07 bits per heavy atom. The molecule has 3 atom stereocenters. The number of piperidine rings is 1. The van der Waals surface area contributed by atoms with Crippen LogP contribution in [0.2, 0.25) is 0 Å². The van der Waals surface area contributed by atoms with Crippen LogP contribution in [0.3, 0.4) is 0 Å². The molecule has 6 heteroatoms. The van der Waals surface area contributed by atoms with Crippen molar-refractivity contribution in [2.24, 2.45) is 5.92 Å². The van der Waals surface area contributed by atoms with E-state index in [2.05, 4.69) is 80.4 Å². The topological polar surface area (TPSA) is 65.1 Å². The quantitative estimate of drug-likeness (QED) is 0.624. The SMILES string of the molecule is CCNc1ncc(CN2CCC3NNC(c4cccc5ccccc45)C3C2)cn1. The van der Waals surface area contributed by atoms with Crippen LogP contribution in [0, 0.1) is 5.92 Å². The van der Waals surface area contributed by atoms with Gasteiger partial charge < -0.3 is 5.32 Å². The summed E-state index contributed by atoms with van der Waals surface area (Å²) in [5.41, 5.74) is 9.74. The molecular formula is C23H28N6. The monoisotopic (exact) mass is 388 g/mol. The molecule has 150 valence electrons. The Labute approximate surface area is 171 Å². The Balaban J connectivity index is 1.33. The van der Waals surface area contributed by atoms with E-state index in [-0.39, 0.29) is 0 Å². The number of fused-ring (bicyclic) bond motifs is 2. The van der Waals surface area contributed by atoms with E-state index in [1.807, 2.05) is 12.4 Å². The van der Waals surface area contributed by atoms with Gasteiger partial charge in [0.05, 0.1) is 6.04 Å². The number of nitrogens with zero attached hydrogens (tertiary/aromatic N) is 3. The highest BCUT2D eigenvalue weighted by molar-refractivity contribution is 5.86. The van der Waals surface area contributed by atoms with Crippen LogP contribution < -0.4 is 16.2 Å². The normalized spacial score (nSPS) is 24.5. The minimum absolute atomic E-state index is 0.321. The second kappa shape index (κ2) is 8.06. The third-order valence-electron chi connectivity index (χ3n) is 6.20. The Kier molecular flexibility index (Phi) is 5.14. The van der Waals surface area contributed by atoms with Crippen molar-refractivity contribution in [1.29, 1.82) is 0 Å². The first-order chi connectivity index (χ1) is 14.3. The number of hydrogen-bond donors (Lipinski definition) is 3. The van der Waals surface area contributed by atoms with Gasteiger partial charge in [0.25, 0.3) is 0 Å². The number of benzene rings is 2. The molecule has 2 saturated heterocycles. The molecule has 5 rings (SSSR count). The lowest BCUT2D eigenvalue weighted by molar-refractivity contribution is 0.148. The summed E-state index contributed by atoms with van der Waals surface area (Å²) in [6.07, 6.45) is 5.05. The van der Waals surface area contributed by atoms with Crippen LogP contribution in [0.25, 0.3) is 10.8 Å². The molecule has 3 N–H and O–H groups in total. The van der Waals surface area contributed by atoms with Gasteiger partial charge >= 0.3 is 0 Å². The van der Waals surface area contributed by atoms with Crippen molar-refractivity contribution in [1.82, 2.24) is 25.7 Å². The van der Waals surface area contributed by atoms with E-state index in [0.717, 1.165) is 32.6 Å². The minimum Gasteiger partial charge on any atom is -0.355 e. The van der Waals surface area contributed by atoms with Gasteiger partial charge in [-0.25, -0.2) is 15.4 Å². The first kappa shape index (κ1) is 18.5. The van der Waals surface area contributed by atoms with Crippen molar-refractivity contribution >= 4 is 16.7 Å². The Morgan fingerprint density at radius 3 is 2.76 bits per heavy atom. The van der Waals surface area contributed by atoms with Crippen LogP contribution >= 0.6 is 0 Å². The molecule has 0 saturated carbocycles. The summed E-state index contributed by atoms with van der Waals surface area (Å²) in [7, 11) is 0. The van der Waals surface area contributed by atoms with E-state index >= 15 is 0 Å². The fourth-order valence-corrected chi connectivity index (χ4v) is 4.79. The minimum atomic E-state index is 0.321. The van der Waals surface area contributed by atoms with Gasteiger partial charge in [-0.05, 0) is 29.7 Å². The molecule has 0 bridgehead atoms. The van der Waals surface area contributed by atoms with Gasteiger partial charge in [0.15, 0.2) is 0 Å². The maximum atomic E-state index is 4.42. The van der Waals surface area contributed by atoms with Gasteiger partial charge in [-0.1, -0.05) is 42.5 Å². The fraction of sp³-hybridized carbons (Fsp3) is 0.391. The molecule has 2 fully saturated rings. The number of aromatic nitrogens is 2. The van der Waals surface area contributed by atoms with E-state index in [1.54, 1.807) is 0 Å². The molecule has 3 aromatic rings. The average Bonchev–Trinajstić information content (AvgIpc) is 3.18. The van der Waals surface area contributed by atoms with Crippen molar-refractivity contribution in [2.75, 3.05) is 25.0 Å². The Hall–Kier alpha value is -2.54. The number of likely N-dealkylation sites (tertiary alicyclic amines) is 1. The third kappa shape index (κ3) is 3.71. The van der Waals surface area contributed by atoms with Crippen molar-refractivity contribution in [2.45, 2.75) is 32.0 Å². The van der Waals surface area contributed by atoms with Crippen molar-refractivity contribution in [3.63, 3.8) is 0 Å². The molecule has 1 aromatic heterocycles. The number of hydrogen-bond acceptors (Lipinski definition) is 6. The largest absolute Gasteiger partial charge is 0.355 e. The average molecular weight is 389 g/mol. The molecule has 3 unspecified atom stereocenters. The molecule has 2 aliphatic rings. The lowest BCUT2D eigenvalue weighted by Crippen LogP contribution is -2.45. The summed E-state index contributed by atoms with van der Waals surface area (Å²) in [6.45, 7) is 5.94. The molecule has 2 aromatic carbocycles. The summed E-state index contributed by atoms with van der Waals surface area (Å²) in [5, 5.41) is 5.81. The third-order valence-corrected chi connectivity index (χ3v) is 6.20. The maximum Gasteiger partial charge on any atom is 0.222 e. The van der Waals surface area contributed by atoms with Crippen LogP contribution in [0.15, 0.2) is 54.9 Å². The molecule has 0 aliphatic carbocycles. The fourth-order valence-electron chi connectivity index (χ4n) is 4.79. The first-order valence-electron chi connectivity index (χ1n) is 10.6. The zero-order valence-electron chi connectivity index (χ0n) is 16.8. The summed E-state index contributed by atoms with van der Waals surface area (Å²) >= 11 is 0. The summed E-state index contributed by atoms with van der Waals surface area (Å²) in [4.78, 5) is 11.4. The highest BCUT2D eigenvalue weighted by atomic mass is 15.4. The molecule has 0 spiro atoms. The zero-order valence-corrected chi connectivity index (χ0v) is 16.8. The standard InChI is InChI=1S/C23H28N6/c1-2-24-23-25-12-16(13-26-23)14-29-11-10-21-20(15-29)22(28-27-21)19-9-5-7-17-6-3-4-8-18(17)19/h3-9,12-13,20-22,27-28H,2,10-11,14-15H2,1H3,(H,24,25,26). The van der Waals surface area contributed by atoms with Crippen LogP contribution in [-0.4, -0.2) is 40.5 Å². The highest BCUT2D eigenvalue weighted by Gasteiger charge is 2.40. The predicted molar refractivity (Wildman–Crippen MR) is 116 cm³/mol. The number of hydrazine groups is 1. The smallest absolute Gasteiger partial charge is 0.222 e. The van der Waals surface area contributed by atoms with Gasteiger partial charge in [0.1, 0.15) is 0 Å². The number of nitrogens with one attached hydrogen (secondary N) is 3. The molecule has 0 amide bonds. The summed E-state index contributed by atoms with van der Waals surface area (Å²) in [5.74, 6) is 1.24. The van der Waals surface area contributed by atoms with Gasteiger partial charge in [0, 0.05) is 56.1 Å². The van der Waals surface area contributed by atoms with Crippen LogP contribution in [0.4, 0.5) is 5.95 Å². The molecule has 2 aliphatic heterocycles. The molecule has 0 radical (unpaired) electrons. The Bertz CT molecular complexity index is 967. The van der Waals surface area contributed by atoms with Gasteiger partial charge in [0.2, 0.25) is 5.95 Å². The lowest BCUT2D eigenvalue weighted by Gasteiger charge is -2.36. The van der Waals surface area contributed by atoms with Crippen molar-refractivity contribution < 1.29 is 0 Å². The molecule has 6 nitrogen and oxygen atoms in total. The maximum absolute atomic E-state index is 4.42. The zero-order chi connectivity index (χ0) is 19.6. The Morgan fingerprint density at radius 2 is 1.90 bits per heavy atom. The highest BCUT2D eigenvalue weighted by Crippen LogP contribution is 2.37. The van der Waals surface area contributed by atoms with Gasteiger partial charge in [-0.2, -0.15) is 0 Å². The number of rotatable bonds is 5. The summed E-state index contributed by atoms with van der Waals surface area (Å²) < 4.78 is 0. The second-order valence-corrected chi connectivity index (χ2v) is 8.07. The van der Waals surface area contributed by atoms with E-state index < -0.39 is 0 Å². The second-order valence-electron chi connectivity index (χ2n) is 8.07. The van der Waals surface area contributed by atoms with Crippen LogP contribution in [0.1, 0.15) is 30.5 Å². The van der Waals surface area contributed by atoms with Gasteiger partial charge in [-0.3, -0.25) is 10.3 Å². The van der Waals surface area contributed by atoms with Gasteiger partial charge in [-0.15, -0.1) is 0 Å². The van der Waals surface area contributed by atoms with Crippen LogP contribution in [0.5, 0.6) is 0 Å². The first-order valence-corrected chi connectivity index (χ1v) is 10.6. The van der Waals surface area contributed by atoms with E-state index in [1.165, 1.54) is 21.9 Å². The van der Waals surface area contributed by atoms with Crippen LogP contribution in [-0.2, 0) is 6.54 Å². The lowest BCUT2D eigenvalue weighted by atomic mass is 9.83. The predicted octanol–water partition coefficient (Wildman–Crippen LogP) is 3.10. The van der Waals surface area contributed by atoms with Crippen molar-refractivity contribution in [3.8, 4) is 0 Å². The molecule has 3 heterocycles. The van der Waals surface area contributed by atoms with E-state index in [4.69, 9.17) is 0 Å². The van der Waals surface area contributed by atoms with E-state index in [9.17, 15) is 0 Å². The number of anilines is 1. The molecular weight excluding hydrogens is 360 g/mol. The summed E-state index contributed by atoms with van der Waals surface area (Å²) in [6, 6.07) is 16.2. The molecule has 29 heavy (non-hydrogen) atoms.